The zero-order valence-corrected chi connectivity index (χ0v) is 11.9. The van der Waals surface area contributed by atoms with Crippen molar-refractivity contribution in [3.05, 3.63) is 28.8 Å². The average Bonchev–Trinajstić information content (AvgIpc) is 2.31. The molecule has 0 aromatic heterocycles. The molecule has 18 heavy (non-hydrogen) atoms. The largest absolute Gasteiger partial charge is 0.380 e. The van der Waals surface area contributed by atoms with E-state index in [4.69, 9.17) is 10.5 Å². The first kappa shape index (κ1) is 13.4. The maximum atomic E-state index is 5.88. The summed E-state index contributed by atoms with van der Waals surface area (Å²) in [6, 6.07) is 4.40. The molecule has 2 N–H and O–H groups in total. The second kappa shape index (κ2) is 4.90. The van der Waals surface area contributed by atoms with Crippen LogP contribution < -0.4 is 10.6 Å². The number of ether oxygens (including phenoxy) is 1. The van der Waals surface area contributed by atoms with Gasteiger partial charge < -0.3 is 15.4 Å². The standard InChI is InChI=1S/C15H24N2O/c1-11-5-6-14(13(3)12(11)2)17(4)8-15(7-16)9-18-10-15/h5-6H,7-10,16H2,1-4H3. The molecule has 1 aromatic carbocycles. The maximum absolute atomic E-state index is 5.88. The van der Waals surface area contributed by atoms with Crippen molar-refractivity contribution < 1.29 is 4.74 Å². The van der Waals surface area contributed by atoms with Gasteiger partial charge in [0.1, 0.15) is 0 Å². The molecule has 2 rings (SSSR count). The molecular weight excluding hydrogens is 224 g/mol. The lowest BCUT2D eigenvalue weighted by molar-refractivity contribution is -0.101. The van der Waals surface area contributed by atoms with Gasteiger partial charge in [-0.3, -0.25) is 0 Å². The van der Waals surface area contributed by atoms with Crippen LogP contribution in [-0.2, 0) is 4.74 Å². The predicted octanol–water partition coefficient (Wildman–Crippen LogP) is 2.02. The Morgan fingerprint density at radius 2 is 1.89 bits per heavy atom. The van der Waals surface area contributed by atoms with E-state index >= 15 is 0 Å². The Morgan fingerprint density at radius 1 is 1.22 bits per heavy atom. The van der Waals surface area contributed by atoms with Crippen molar-refractivity contribution in [2.45, 2.75) is 20.8 Å². The van der Waals surface area contributed by atoms with Gasteiger partial charge in [0.25, 0.3) is 0 Å². The predicted molar refractivity (Wildman–Crippen MR) is 76.2 cm³/mol. The Hall–Kier alpha value is -1.06. The summed E-state index contributed by atoms with van der Waals surface area (Å²) < 4.78 is 5.33. The number of hydrogen-bond acceptors (Lipinski definition) is 3. The van der Waals surface area contributed by atoms with Crippen LogP contribution in [0.1, 0.15) is 16.7 Å². The van der Waals surface area contributed by atoms with Gasteiger partial charge in [-0.25, -0.2) is 0 Å². The van der Waals surface area contributed by atoms with Gasteiger partial charge in [0.2, 0.25) is 0 Å². The highest BCUT2D eigenvalue weighted by Crippen LogP contribution is 2.31. The van der Waals surface area contributed by atoms with Crippen LogP contribution in [0.5, 0.6) is 0 Å². The Kier molecular flexibility index (Phi) is 3.64. The van der Waals surface area contributed by atoms with Gasteiger partial charge in [-0.05, 0) is 43.5 Å². The summed E-state index contributed by atoms with van der Waals surface area (Å²) >= 11 is 0. The van der Waals surface area contributed by atoms with Crippen molar-refractivity contribution >= 4 is 5.69 Å². The molecule has 100 valence electrons. The Morgan fingerprint density at radius 3 is 2.39 bits per heavy atom. The van der Waals surface area contributed by atoms with E-state index in [-0.39, 0.29) is 5.41 Å². The molecule has 0 bridgehead atoms. The fourth-order valence-corrected chi connectivity index (χ4v) is 2.61. The number of nitrogens with two attached hydrogens (primary N) is 1. The molecule has 3 nitrogen and oxygen atoms in total. The van der Waals surface area contributed by atoms with Crippen LogP contribution in [0.15, 0.2) is 12.1 Å². The van der Waals surface area contributed by atoms with E-state index in [0.717, 1.165) is 19.8 Å². The van der Waals surface area contributed by atoms with Crippen molar-refractivity contribution in [3.8, 4) is 0 Å². The molecule has 0 unspecified atom stereocenters. The van der Waals surface area contributed by atoms with Gasteiger partial charge in [0.05, 0.1) is 13.2 Å². The monoisotopic (exact) mass is 248 g/mol. The van der Waals surface area contributed by atoms with E-state index in [2.05, 4.69) is 44.9 Å². The minimum absolute atomic E-state index is 0.153. The van der Waals surface area contributed by atoms with Crippen LogP contribution >= 0.6 is 0 Å². The molecular formula is C15H24N2O. The summed E-state index contributed by atoms with van der Waals surface area (Å²) in [7, 11) is 2.15. The van der Waals surface area contributed by atoms with E-state index < -0.39 is 0 Å². The highest BCUT2D eigenvalue weighted by Gasteiger charge is 2.38. The van der Waals surface area contributed by atoms with Crippen LogP contribution in [0.4, 0.5) is 5.69 Å². The molecule has 1 aromatic rings. The molecule has 0 aliphatic carbocycles. The average molecular weight is 248 g/mol. The van der Waals surface area contributed by atoms with Crippen molar-refractivity contribution in [2.75, 3.05) is 38.3 Å². The van der Waals surface area contributed by atoms with Crippen molar-refractivity contribution in [1.82, 2.24) is 0 Å². The van der Waals surface area contributed by atoms with Gasteiger partial charge in [-0.15, -0.1) is 0 Å². The van der Waals surface area contributed by atoms with Crippen molar-refractivity contribution in [2.24, 2.45) is 11.1 Å². The normalized spacial score (nSPS) is 17.4. The lowest BCUT2D eigenvalue weighted by atomic mass is 9.85. The number of benzene rings is 1. The molecule has 0 saturated carbocycles. The van der Waals surface area contributed by atoms with Gasteiger partial charge in [0.15, 0.2) is 0 Å². The summed E-state index contributed by atoms with van der Waals surface area (Å²) in [5.74, 6) is 0. The van der Waals surface area contributed by atoms with Gasteiger partial charge in [-0.2, -0.15) is 0 Å². The SMILES string of the molecule is Cc1ccc(N(C)CC2(CN)COC2)c(C)c1C. The van der Waals surface area contributed by atoms with Gasteiger partial charge >= 0.3 is 0 Å². The van der Waals surface area contributed by atoms with Crippen LogP contribution in [0, 0.1) is 26.2 Å². The topological polar surface area (TPSA) is 38.5 Å². The third-order valence-corrected chi connectivity index (χ3v) is 4.26. The number of aryl methyl sites for hydroxylation is 1. The number of rotatable bonds is 4. The lowest BCUT2D eigenvalue weighted by Crippen LogP contribution is -2.54. The molecule has 0 amide bonds. The third-order valence-electron chi connectivity index (χ3n) is 4.26. The first-order chi connectivity index (χ1) is 8.49. The summed E-state index contributed by atoms with van der Waals surface area (Å²) in [4.78, 5) is 2.32. The zero-order chi connectivity index (χ0) is 13.3. The van der Waals surface area contributed by atoms with E-state index in [9.17, 15) is 0 Å². The Bertz CT molecular complexity index is 433. The first-order valence-electron chi connectivity index (χ1n) is 6.55. The van der Waals surface area contributed by atoms with Crippen molar-refractivity contribution in [3.63, 3.8) is 0 Å². The van der Waals surface area contributed by atoms with Crippen LogP contribution in [0.3, 0.4) is 0 Å². The summed E-state index contributed by atoms with van der Waals surface area (Å²) in [6.07, 6.45) is 0. The minimum Gasteiger partial charge on any atom is -0.380 e. The van der Waals surface area contributed by atoms with Crippen LogP contribution in [0.25, 0.3) is 0 Å². The molecule has 0 radical (unpaired) electrons. The molecule has 1 aliphatic heterocycles. The highest BCUT2D eigenvalue weighted by atomic mass is 16.5. The smallest absolute Gasteiger partial charge is 0.0574 e. The first-order valence-corrected chi connectivity index (χ1v) is 6.55. The molecule has 1 saturated heterocycles. The minimum atomic E-state index is 0.153. The lowest BCUT2D eigenvalue weighted by Gasteiger charge is -2.43. The molecule has 1 heterocycles. The van der Waals surface area contributed by atoms with E-state index in [1.54, 1.807) is 0 Å². The second-order valence-electron chi connectivity index (χ2n) is 5.70. The Labute approximate surface area is 110 Å². The molecule has 1 fully saturated rings. The Balaban J connectivity index is 2.19. The van der Waals surface area contributed by atoms with Gasteiger partial charge in [0, 0.05) is 31.2 Å². The fourth-order valence-electron chi connectivity index (χ4n) is 2.61. The van der Waals surface area contributed by atoms with Crippen molar-refractivity contribution in [1.29, 1.82) is 0 Å². The molecule has 1 aliphatic rings. The highest BCUT2D eigenvalue weighted by molar-refractivity contribution is 5.57. The number of hydrogen-bond donors (Lipinski definition) is 1. The van der Waals surface area contributed by atoms with E-state index in [1.807, 2.05) is 0 Å². The molecule has 3 heteroatoms. The van der Waals surface area contributed by atoms with Crippen LogP contribution in [0.2, 0.25) is 0 Å². The van der Waals surface area contributed by atoms with E-state index in [0.29, 0.717) is 6.54 Å². The quantitative estimate of drug-likeness (QED) is 0.886. The summed E-state index contributed by atoms with van der Waals surface area (Å²) in [5.41, 5.74) is 11.4. The fraction of sp³-hybridized carbons (Fsp3) is 0.600. The van der Waals surface area contributed by atoms with Gasteiger partial charge in [-0.1, -0.05) is 6.07 Å². The molecule has 0 spiro atoms. The number of nitrogens with zero attached hydrogens (tertiary/aromatic N) is 1. The van der Waals surface area contributed by atoms with E-state index in [1.165, 1.54) is 22.4 Å². The van der Waals surface area contributed by atoms with Crippen LogP contribution in [-0.4, -0.2) is 33.4 Å². The number of anilines is 1. The summed E-state index contributed by atoms with van der Waals surface area (Å²) in [5, 5.41) is 0. The zero-order valence-electron chi connectivity index (χ0n) is 11.9. The second-order valence-corrected chi connectivity index (χ2v) is 5.70. The summed E-state index contributed by atoms with van der Waals surface area (Å²) in [6.45, 7) is 9.78. The molecule has 0 atom stereocenters. The third kappa shape index (κ3) is 2.25. The maximum Gasteiger partial charge on any atom is 0.0574 e.